The molecule has 2 N–H and O–H groups in total. The lowest BCUT2D eigenvalue weighted by molar-refractivity contribution is 0.0958. The maximum Gasteiger partial charge on any atom is 0.411 e. The highest BCUT2D eigenvalue weighted by molar-refractivity contribution is 6.08. The van der Waals surface area contributed by atoms with E-state index in [-0.39, 0.29) is 23.4 Å². The molecule has 0 aromatic heterocycles. The van der Waals surface area contributed by atoms with E-state index in [4.69, 9.17) is 4.74 Å². The highest BCUT2D eigenvalue weighted by Crippen LogP contribution is 2.22. The van der Waals surface area contributed by atoms with Crippen LogP contribution in [-0.4, -0.2) is 25.3 Å². The molecule has 0 radical (unpaired) electrons. The van der Waals surface area contributed by atoms with Gasteiger partial charge in [-0.3, -0.25) is 14.9 Å². The van der Waals surface area contributed by atoms with Crippen LogP contribution in [0.1, 0.15) is 31.8 Å². The van der Waals surface area contributed by atoms with Gasteiger partial charge in [0.2, 0.25) is 0 Å². The molecule has 2 amide bonds. The SMILES string of the molecule is CNC(=O)c1c(C=O)cc(C)cc1NC(=O)OCc1ccccc1. The lowest BCUT2D eigenvalue weighted by Crippen LogP contribution is -2.23. The van der Waals surface area contributed by atoms with E-state index in [2.05, 4.69) is 10.6 Å². The van der Waals surface area contributed by atoms with Gasteiger partial charge in [0.05, 0.1) is 11.3 Å². The number of amides is 2. The van der Waals surface area contributed by atoms with Crippen LogP contribution in [0.25, 0.3) is 0 Å². The molecular formula is C18H18N2O4. The van der Waals surface area contributed by atoms with Crippen molar-refractivity contribution in [3.8, 4) is 0 Å². The standard InChI is InChI=1S/C18H18N2O4/c1-12-8-14(10-21)16(17(22)19-2)15(9-12)20-18(23)24-11-13-6-4-3-5-7-13/h3-10H,11H2,1-2H3,(H,19,22)(H,20,23). The van der Waals surface area contributed by atoms with Crippen LogP contribution in [0.4, 0.5) is 10.5 Å². The first-order valence-corrected chi connectivity index (χ1v) is 7.34. The van der Waals surface area contributed by atoms with Crippen molar-refractivity contribution in [2.24, 2.45) is 0 Å². The second-order valence-electron chi connectivity index (χ2n) is 5.16. The van der Waals surface area contributed by atoms with E-state index < -0.39 is 12.0 Å². The maximum atomic E-state index is 12.0. The first-order chi connectivity index (χ1) is 11.5. The minimum absolute atomic E-state index is 0.105. The summed E-state index contributed by atoms with van der Waals surface area (Å²) in [6.45, 7) is 1.87. The molecule has 0 bridgehead atoms. The fourth-order valence-electron chi connectivity index (χ4n) is 2.25. The number of carbonyl (C=O) groups excluding carboxylic acids is 3. The predicted molar refractivity (Wildman–Crippen MR) is 90.2 cm³/mol. The van der Waals surface area contributed by atoms with Crippen LogP contribution in [0.5, 0.6) is 0 Å². The van der Waals surface area contributed by atoms with E-state index >= 15 is 0 Å². The third-order valence-corrected chi connectivity index (χ3v) is 3.34. The summed E-state index contributed by atoms with van der Waals surface area (Å²) in [7, 11) is 1.45. The summed E-state index contributed by atoms with van der Waals surface area (Å²) in [5.74, 6) is -0.463. The lowest BCUT2D eigenvalue weighted by Gasteiger charge is -2.13. The monoisotopic (exact) mass is 326 g/mol. The van der Waals surface area contributed by atoms with Crippen molar-refractivity contribution >= 4 is 24.0 Å². The number of aldehydes is 1. The zero-order valence-corrected chi connectivity index (χ0v) is 13.5. The summed E-state index contributed by atoms with van der Waals surface area (Å²) < 4.78 is 5.14. The highest BCUT2D eigenvalue weighted by atomic mass is 16.5. The molecule has 0 aliphatic rings. The van der Waals surface area contributed by atoms with E-state index in [0.717, 1.165) is 11.1 Å². The number of ether oxygens (including phenoxy) is 1. The molecule has 2 aromatic carbocycles. The molecule has 0 spiro atoms. The van der Waals surface area contributed by atoms with E-state index in [1.807, 2.05) is 30.3 Å². The van der Waals surface area contributed by atoms with Crippen molar-refractivity contribution in [2.45, 2.75) is 13.5 Å². The highest BCUT2D eigenvalue weighted by Gasteiger charge is 2.18. The predicted octanol–water partition coefficient (Wildman–Crippen LogP) is 2.92. The number of anilines is 1. The average Bonchev–Trinajstić information content (AvgIpc) is 2.59. The van der Waals surface area contributed by atoms with Gasteiger partial charge in [0.25, 0.3) is 5.91 Å². The normalized spacial score (nSPS) is 9.92. The van der Waals surface area contributed by atoms with Gasteiger partial charge < -0.3 is 10.1 Å². The number of hydrogen-bond acceptors (Lipinski definition) is 4. The Kier molecular flexibility index (Phi) is 5.68. The van der Waals surface area contributed by atoms with Gasteiger partial charge in [-0.05, 0) is 30.2 Å². The van der Waals surface area contributed by atoms with Gasteiger partial charge in [0.1, 0.15) is 6.61 Å². The van der Waals surface area contributed by atoms with Crippen LogP contribution in [0.3, 0.4) is 0 Å². The van der Waals surface area contributed by atoms with Crippen LogP contribution in [0, 0.1) is 6.92 Å². The van der Waals surface area contributed by atoms with Crippen LogP contribution >= 0.6 is 0 Å². The van der Waals surface area contributed by atoms with E-state index in [9.17, 15) is 14.4 Å². The van der Waals surface area contributed by atoms with Gasteiger partial charge in [0.15, 0.2) is 6.29 Å². The van der Waals surface area contributed by atoms with E-state index in [1.54, 1.807) is 19.1 Å². The Morgan fingerprint density at radius 2 is 1.88 bits per heavy atom. The largest absolute Gasteiger partial charge is 0.444 e. The second kappa shape index (κ2) is 7.92. The van der Waals surface area contributed by atoms with Gasteiger partial charge in [-0.1, -0.05) is 30.3 Å². The van der Waals surface area contributed by atoms with Crippen LogP contribution in [0.2, 0.25) is 0 Å². The molecule has 24 heavy (non-hydrogen) atoms. The Bertz CT molecular complexity index is 757. The fourth-order valence-corrected chi connectivity index (χ4v) is 2.25. The van der Waals surface area contributed by atoms with Crippen molar-refractivity contribution in [1.82, 2.24) is 5.32 Å². The number of rotatable bonds is 5. The minimum atomic E-state index is -0.702. The maximum absolute atomic E-state index is 12.0. The summed E-state index contributed by atoms with van der Waals surface area (Å²) in [4.78, 5) is 35.3. The molecule has 0 unspecified atom stereocenters. The smallest absolute Gasteiger partial charge is 0.411 e. The second-order valence-corrected chi connectivity index (χ2v) is 5.16. The van der Waals surface area contributed by atoms with Crippen molar-refractivity contribution in [2.75, 3.05) is 12.4 Å². The first-order valence-electron chi connectivity index (χ1n) is 7.34. The molecule has 2 rings (SSSR count). The number of carbonyl (C=O) groups is 3. The Balaban J connectivity index is 2.18. The molecule has 0 atom stereocenters. The first kappa shape index (κ1) is 17.2. The Labute approximate surface area is 139 Å². The quantitative estimate of drug-likeness (QED) is 0.827. The molecule has 2 aromatic rings. The summed E-state index contributed by atoms with van der Waals surface area (Å²) in [5.41, 5.74) is 2.12. The average molecular weight is 326 g/mol. The summed E-state index contributed by atoms with van der Waals surface area (Å²) in [6, 6.07) is 12.4. The third-order valence-electron chi connectivity index (χ3n) is 3.34. The van der Waals surface area contributed by atoms with Crippen LogP contribution in [-0.2, 0) is 11.3 Å². The molecule has 124 valence electrons. The van der Waals surface area contributed by atoms with Gasteiger partial charge in [-0.15, -0.1) is 0 Å². The minimum Gasteiger partial charge on any atom is -0.444 e. The van der Waals surface area contributed by atoms with Gasteiger partial charge >= 0.3 is 6.09 Å². The molecule has 0 aliphatic carbocycles. The molecule has 6 heteroatoms. The van der Waals surface area contributed by atoms with Crippen LogP contribution < -0.4 is 10.6 Å². The molecular weight excluding hydrogens is 308 g/mol. The zero-order valence-electron chi connectivity index (χ0n) is 13.5. The topological polar surface area (TPSA) is 84.5 Å². The zero-order chi connectivity index (χ0) is 17.5. The molecule has 0 aliphatic heterocycles. The Morgan fingerprint density at radius 3 is 2.50 bits per heavy atom. The van der Waals surface area contributed by atoms with Crippen molar-refractivity contribution in [1.29, 1.82) is 0 Å². The third kappa shape index (κ3) is 4.19. The van der Waals surface area contributed by atoms with E-state index in [0.29, 0.717) is 6.29 Å². The van der Waals surface area contributed by atoms with Gasteiger partial charge in [-0.2, -0.15) is 0 Å². The molecule has 0 saturated heterocycles. The summed E-state index contributed by atoms with van der Waals surface area (Å²) in [5, 5.41) is 4.99. The Hall–Kier alpha value is -3.15. The summed E-state index contributed by atoms with van der Waals surface area (Å²) in [6.07, 6.45) is -0.121. The number of aryl methyl sites for hydroxylation is 1. The lowest BCUT2D eigenvalue weighted by atomic mass is 10.0. The molecule has 0 saturated carbocycles. The number of hydrogen-bond donors (Lipinski definition) is 2. The van der Waals surface area contributed by atoms with Gasteiger partial charge in [0, 0.05) is 12.6 Å². The fraction of sp³-hybridized carbons (Fsp3) is 0.167. The number of benzene rings is 2. The van der Waals surface area contributed by atoms with Crippen molar-refractivity contribution in [3.63, 3.8) is 0 Å². The molecule has 0 heterocycles. The number of nitrogens with one attached hydrogen (secondary N) is 2. The van der Waals surface area contributed by atoms with Gasteiger partial charge in [-0.25, -0.2) is 4.79 Å². The molecule has 0 fully saturated rings. The van der Waals surface area contributed by atoms with Crippen molar-refractivity contribution in [3.05, 3.63) is 64.7 Å². The van der Waals surface area contributed by atoms with Crippen molar-refractivity contribution < 1.29 is 19.1 Å². The van der Waals surface area contributed by atoms with E-state index in [1.165, 1.54) is 7.05 Å². The Morgan fingerprint density at radius 1 is 1.17 bits per heavy atom. The summed E-state index contributed by atoms with van der Waals surface area (Å²) >= 11 is 0. The molecule has 6 nitrogen and oxygen atoms in total. The van der Waals surface area contributed by atoms with Crippen LogP contribution in [0.15, 0.2) is 42.5 Å².